The number of nitrogens with one attached hydrogen (secondary N) is 1. The third-order valence-electron chi connectivity index (χ3n) is 4.25. The molecule has 2 aromatic carbocycles. The van der Waals surface area contributed by atoms with Crippen molar-refractivity contribution < 1.29 is 13.2 Å². The van der Waals surface area contributed by atoms with Gasteiger partial charge in [-0.05, 0) is 44.4 Å². The standard InChI is InChI=1S/C20H26N2O3S/c1-14-11-15(2)20(16(3)12-14)22(26(5,24)25)13-19(23)21-17(4)18-9-7-6-8-10-18/h6-12,17H,13H2,1-5H3,(H,21,23)/t17-/m1/s1. The second kappa shape index (κ2) is 7.91. The first-order chi connectivity index (χ1) is 12.1. The van der Waals surface area contributed by atoms with Crippen LogP contribution in [-0.4, -0.2) is 27.1 Å². The maximum Gasteiger partial charge on any atom is 0.241 e. The fourth-order valence-corrected chi connectivity index (χ4v) is 4.14. The molecule has 0 bridgehead atoms. The van der Waals surface area contributed by atoms with Gasteiger partial charge < -0.3 is 5.32 Å². The highest BCUT2D eigenvalue weighted by molar-refractivity contribution is 7.92. The van der Waals surface area contributed by atoms with E-state index in [1.807, 2.05) is 70.2 Å². The first kappa shape index (κ1) is 20.0. The predicted molar refractivity (Wildman–Crippen MR) is 106 cm³/mol. The molecule has 1 N–H and O–H groups in total. The van der Waals surface area contributed by atoms with Crippen molar-refractivity contribution in [3.8, 4) is 0 Å². The smallest absolute Gasteiger partial charge is 0.241 e. The molecule has 0 saturated carbocycles. The summed E-state index contributed by atoms with van der Waals surface area (Å²) >= 11 is 0. The molecule has 0 spiro atoms. The zero-order valence-corrected chi connectivity index (χ0v) is 16.7. The van der Waals surface area contributed by atoms with Gasteiger partial charge in [0, 0.05) is 0 Å². The van der Waals surface area contributed by atoms with Crippen molar-refractivity contribution in [2.75, 3.05) is 17.1 Å². The summed E-state index contributed by atoms with van der Waals surface area (Å²) < 4.78 is 25.9. The molecule has 140 valence electrons. The summed E-state index contributed by atoms with van der Waals surface area (Å²) in [7, 11) is -3.60. The molecular formula is C20H26N2O3S. The van der Waals surface area contributed by atoms with Crippen LogP contribution in [0.5, 0.6) is 0 Å². The Labute approximate surface area is 156 Å². The quantitative estimate of drug-likeness (QED) is 0.844. The Kier molecular flexibility index (Phi) is 6.08. The number of sulfonamides is 1. The minimum Gasteiger partial charge on any atom is -0.348 e. The van der Waals surface area contributed by atoms with Crippen LogP contribution in [0.3, 0.4) is 0 Å². The van der Waals surface area contributed by atoms with Gasteiger partial charge in [-0.1, -0.05) is 48.0 Å². The molecule has 0 unspecified atom stereocenters. The number of carbonyl (C=O) groups is 1. The number of benzene rings is 2. The van der Waals surface area contributed by atoms with Crippen LogP contribution in [0.2, 0.25) is 0 Å². The van der Waals surface area contributed by atoms with Gasteiger partial charge in [0.25, 0.3) is 0 Å². The van der Waals surface area contributed by atoms with Crippen LogP contribution in [0.1, 0.15) is 35.2 Å². The van der Waals surface area contributed by atoms with Gasteiger partial charge in [0.2, 0.25) is 15.9 Å². The average molecular weight is 375 g/mol. The number of carbonyl (C=O) groups excluding carboxylic acids is 1. The molecule has 0 fully saturated rings. The van der Waals surface area contributed by atoms with E-state index < -0.39 is 10.0 Å². The van der Waals surface area contributed by atoms with E-state index in [4.69, 9.17) is 0 Å². The van der Waals surface area contributed by atoms with Gasteiger partial charge in [-0.25, -0.2) is 8.42 Å². The van der Waals surface area contributed by atoms with Gasteiger partial charge in [-0.3, -0.25) is 9.10 Å². The van der Waals surface area contributed by atoms with Gasteiger partial charge in [-0.2, -0.15) is 0 Å². The molecule has 5 nitrogen and oxygen atoms in total. The molecule has 2 rings (SSSR count). The number of anilines is 1. The Morgan fingerprint density at radius 2 is 1.62 bits per heavy atom. The molecule has 26 heavy (non-hydrogen) atoms. The molecule has 0 saturated heterocycles. The average Bonchev–Trinajstić information content (AvgIpc) is 2.53. The van der Waals surface area contributed by atoms with Crippen LogP contribution >= 0.6 is 0 Å². The summed E-state index contributed by atoms with van der Waals surface area (Å²) in [5.74, 6) is -0.342. The molecule has 0 aliphatic heterocycles. The monoisotopic (exact) mass is 374 g/mol. The molecule has 1 amide bonds. The van der Waals surface area contributed by atoms with E-state index in [2.05, 4.69) is 5.32 Å². The van der Waals surface area contributed by atoms with Crippen LogP contribution < -0.4 is 9.62 Å². The van der Waals surface area contributed by atoms with Crippen molar-refractivity contribution in [2.45, 2.75) is 33.7 Å². The van der Waals surface area contributed by atoms with E-state index in [1.54, 1.807) is 0 Å². The van der Waals surface area contributed by atoms with Crippen molar-refractivity contribution in [3.05, 3.63) is 64.7 Å². The topological polar surface area (TPSA) is 66.5 Å². The lowest BCUT2D eigenvalue weighted by atomic mass is 10.1. The zero-order chi connectivity index (χ0) is 19.5. The van der Waals surface area contributed by atoms with Crippen molar-refractivity contribution in [1.29, 1.82) is 0 Å². The number of rotatable bonds is 6. The maximum absolute atomic E-state index is 12.5. The third-order valence-corrected chi connectivity index (χ3v) is 5.36. The van der Waals surface area contributed by atoms with Gasteiger partial charge in [0.1, 0.15) is 6.54 Å². The second-order valence-corrected chi connectivity index (χ2v) is 8.62. The lowest BCUT2D eigenvalue weighted by molar-refractivity contribution is -0.120. The summed E-state index contributed by atoms with van der Waals surface area (Å²) in [5, 5.41) is 2.87. The van der Waals surface area contributed by atoms with E-state index >= 15 is 0 Å². The summed E-state index contributed by atoms with van der Waals surface area (Å²) in [5.41, 5.74) is 4.25. The van der Waals surface area contributed by atoms with Crippen LogP contribution in [0.25, 0.3) is 0 Å². The van der Waals surface area contributed by atoms with Crippen molar-refractivity contribution >= 4 is 21.6 Å². The number of hydrogen-bond acceptors (Lipinski definition) is 3. The number of amides is 1. The normalized spacial score (nSPS) is 12.5. The van der Waals surface area contributed by atoms with Gasteiger partial charge in [0.05, 0.1) is 18.0 Å². The SMILES string of the molecule is Cc1cc(C)c(N(CC(=O)N[C@H](C)c2ccccc2)S(C)(=O)=O)c(C)c1. The van der Waals surface area contributed by atoms with E-state index in [0.717, 1.165) is 28.5 Å². The Bertz CT molecular complexity index is 870. The molecule has 0 heterocycles. The van der Waals surface area contributed by atoms with E-state index in [-0.39, 0.29) is 18.5 Å². The van der Waals surface area contributed by atoms with Crippen molar-refractivity contribution in [3.63, 3.8) is 0 Å². The highest BCUT2D eigenvalue weighted by Gasteiger charge is 2.24. The van der Waals surface area contributed by atoms with Crippen LogP contribution in [0, 0.1) is 20.8 Å². The first-order valence-corrected chi connectivity index (χ1v) is 10.3. The Hall–Kier alpha value is -2.34. The summed E-state index contributed by atoms with van der Waals surface area (Å²) in [6.45, 7) is 7.31. The lowest BCUT2D eigenvalue weighted by Gasteiger charge is -2.26. The van der Waals surface area contributed by atoms with Crippen molar-refractivity contribution in [2.24, 2.45) is 0 Å². The van der Waals surface area contributed by atoms with Crippen LogP contribution in [0.15, 0.2) is 42.5 Å². The second-order valence-electron chi connectivity index (χ2n) is 6.72. The fourth-order valence-electron chi connectivity index (χ4n) is 3.17. The van der Waals surface area contributed by atoms with Gasteiger partial charge in [-0.15, -0.1) is 0 Å². The highest BCUT2D eigenvalue weighted by Crippen LogP contribution is 2.28. The maximum atomic E-state index is 12.5. The number of nitrogens with zero attached hydrogens (tertiary/aromatic N) is 1. The Morgan fingerprint density at radius 1 is 1.08 bits per heavy atom. The van der Waals surface area contributed by atoms with Gasteiger partial charge >= 0.3 is 0 Å². The molecule has 6 heteroatoms. The number of hydrogen-bond donors (Lipinski definition) is 1. The predicted octanol–water partition coefficient (Wildman–Crippen LogP) is 3.26. The lowest BCUT2D eigenvalue weighted by Crippen LogP contribution is -2.41. The summed E-state index contributed by atoms with van der Waals surface area (Å²) in [6.07, 6.45) is 1.12. The van der Waals surface area contributed by atoms with Gasteiger partial charge in [0.15, 0.2) is 0 Å². The number of aryl methyl sites for hydroxylation is 3. The Morgan fingerprint density at radius 3 is 2.12 bits per heavy atom. The Balaban J connectivity index is 2.26. The highest BCUT2D eigenvalue weighted by atomic mass is 32.2. The summed E-state index contributed by atoms with van der Waals surface area (Å²) in [4.78, 5) is 12.5. The fraction of sp³-hybridized carbons (Fsp3) is 0.350. The van der Waals surface area contributed by atoms with E-state index in [0.29, 0.717) is 5.69 Å². The van der Waals surface area contributed by atoms with E-state index in [1.165, 1.54) is 4.31 Å². The molecule has 2 aromatic rings. The molecule has 0 aromatic heterocycles. The molecule has 0 radical (unpaired) electrons. The first-order valence-electron chi connectivity index (χ1n) is 8.49. The van der Waals surface area contributed by atoms with E-state index in [9.17, 15) is 13.2 Å². The van der Waals surface area contributed by atoms with Crippen LogP contribution in [0.4, 0.5) is 5.69 Å². The third kappa shape index (κ3) is 4.85. The van der Waals surface area contributed by atoms with Crippen molar-refractivity contribution in [1.82, 2.24) is 5.32 Å². The van der Waals surface area contributed by atoms with Crippen LogP contribution in [-0.2, 0) is 14.8 Å². The molecule has 0 aliphatic carbocycles. The zero-order valence-electron chi connectivity index (χ0n) is 15.9. The molecule has 0 aliphatic rings. The molecular weight excluding hydrogens is 348 g/mol. The minimum atomic E-state index is -3.60. The molecule has 1 atom stereocenters. The minimum absolute atomic E-state index is 0.203. The summed E-state index contributed by atoms with van der Waals surface area (Å²) in [6, 6.07) is 13.2. The largest absolute Gasteiger partial charge is 0.348 e.